The highest BCUT2D eigenvalue weighted by Crippen LogP contribution is 2.27. The summed E-state index contributed by atoms with van der Waals surface area (Å²) in [4.78, 5) is 15.7. The molecule has 0 aromatic heterocycles. The van der Waals surface area contributed by atoms with Gasteiger partial charge in [-0.25, -0.2) is 0 Å². The minimum atomic E-state index is -0.0952. The molecule has 4 rings (SSSR count). The van der Waals surface area contributed by atoms with Crippen LogP contribution >= 0.6 is 0 Å². The molecular weight excluding hydrogens is 382 g/mol. The van der Waals surface area contributed by atoms with Crippen LogP contribution in [0.5, 0.6) is 5.75 Å². The summed E-state index contributed by atoms with van der Waals surface area (Å²) in [6.45, 7) is 6.35. The van der Waals surface area contributed by atoms with Gasteiger partial charge in [0, 0.05) is 19.5 Å². The summed E-state index contributed by atoms with van der Waals surface area (Å²) in [6, 6.07) is 26.8. The molecule has 0 amide bonds. The van der Waals surface area contributed by atoms with Crippen LogP contribution in [-0.4, -0.2) is 29.9 Å². The molecule has 1 aliphatic rings. The molecule has 3 aromatic carbocycles. The third-order valence-electron chi connectivity index (χ3n) is 6.26. The number of hydrogen-bond acceptors (Lipinski definition) is 3. The topological polar surface area (TPSA) is 29.5 Å². The van der Waals surface area contributed by atoms with E-state index in [0.717, 1.165) is 25.3 Å². The van der Waals surface area contributed by atoms with Crippen molar-refractivity contribution >= 4 is 5.78 Å². The van der Waals surface area contributed by atoms with Gasteiger partial charge in [0.25, 0.3) is 0 Å². The van der Waals surface area contributed by atoms with E-state index in [1.54, 1.807) is 0 Å². The summed E-state index contributed by atoms with van der Waals surface area (Å²) in [5.74, 6) is 1.41. The fourth-order valence-corrected chi connectivity index (χ4v) is 4.38. The van der Waals surface area contributed by atoms with Crippen molar-refractivity contribution in [1.29, 1.82) is 0 Å². The summed E-state index contributed by atoms with van der Waals surface area (Å²) >= 11 is 0. The Hall–Kier alpha value is -2.91. The third kappa shape index (κ3) is 5.42. The second kappa shape index (κ2) is 9.93. The summed E-state index contributed by atoms with van der Waals surface area (Å²) in [5.41, 5.74) is 5.09. The minimum absolute atomic E-state index is 0.0952. The van der Waals surface area contributed by atoms with Crippen molar-refractivity contribution in [2.45, 2.75) is 45.2 Å². The number of ether oxygens (including phenoxy) is 1. The molecule has 0 radical (unpaired) electrons. The van der Waals surface area contributed by atoms with E-state index in [4.69, 9.17) is 4.74 Å². The van der Waals surface area contributed by atoms with E-state index < -0.39 is 0 Å². The average Bonchev–Trinajstić information content (AvgIpc) is 2.79. The van der Waals surface area contributed by atoms with Gasteiger partial charge < -0.3 is 4.74 Å². The molecule has 1 heterocycles. The van der Waals surface area contributed by atoms with Crippen molar-refractivity contribution in [3.63, 3.8) is 0 Å². The van der Waals surface area contributed by atoms with Crippen molar-refractivity contribution in [1.82, 2.24) is 4.90 Å². The molecule has 0 bridgehead atoms. The molecule has 160 valence electrons. The van der Waals surface area contributed by atoms with Gasteiger partial charge in [-0.3, -0.25) is 9.69 Å². The van der Waals surface area contributed by atoms with Gasteiger partial charge in [0.05, 0.1) is 6.04 Å². The van der Waals surface area contributed by atoms with Crippen LogP contribution < -0.4 is 4.74 Å². The number of carbonyl (C=O) groups excluding carboxylic acids is 1. The van der Waals surface area contributed by atoms with Crippen LogP contribution in [0.3, 0.4) is 0 Å². The van der Waals surface area contributed by atoms with Crippen LogP contribution in [0.1, 0.15) is 41.5 Å². The summed E-state index contributed by atoms with van der Waals surface area (Å²) in [7, 11) is 0. The molecule has 2 atom stereocenters. The Balaban J connectivity index is 1.45. The lowest BCUT2D eigenvalue weighted by Crippen LogP contribution is -2.47. The summed E-state index contributed by atoms with van der Waals surface area (Å²) in [5, 5.41) is 0. The first kappa shape index (κ1) is 21.3. The van der Waals surface area contributed by atoms with E-state index in [1.807, 2.05) is 30.3 Å². The van der Waals surface area contributed by atoms with E-state index in [2.05, 4.69) is 67.3 Å². The monoisotopic (exact) mass is 413 g/mol. The van der Waals surface area contributed by atoms with Gasteiger partial charge in [-0.2, -0.15) is 0 Å². The molecule has 0 N–H and O–H groups in total. The molecule has 0 unspecified atom stereocenters. The second-order valence-electron chi connectivity index (χ2n) is 8.60. The number of Topliss-reactive ketones (excluding diaryl/α,β-unsaturated/α-hetero) is 1. The molecular formula is C28H31NO2. The van der Waals surface area contributed by atoms with E-state index in [-0.39, 0.29) is 12.0 Å². The number of para-hydroxylation sites is 1. The van der Waals surface area contributed by atoms with Crippen LogP contribution in [0.25, 0.3) is 0 Å². The molecule has 3 heteroatoms. The maximum Gasteiger partial charge on any atom is 0.150 e. The van der Waals surface area contributed by atoms with Gasteiger partial charge in [-0.05, 0) is 48.1 Å². The predicted molar refractivity (Wildman–Crippen MR) is 125 cm³/mol. The SMILES string of the molecule is Cc1ccc([C@H](C)CC(=O)[C@H]2Cc3ccccc3CN2CCOc2ccccc2)cc1. The first-order valence-corrected chi connectivity index (χ1v) is 11.2. The molecule has 0 fully saturated rings. The number of hydrogen-bond donors (Lipinski definition) is 0. The largest absolute Gasteiger partial charge is 0.492 e. The van der Waals surface area contributed by atoms with Gasteiger partial charge >= 0.3 is 0 Å². The lowest BCUT2D eigenvalue weighted by Gasteiger charge is -2.36. The van der Waals surface area contributed by atoms with Crippen molar-refractivity contribution in [2.75, 3.05) is 13.2 Å². The number of ketones is 1. The van der Waals surface area contributed by atoms with E-state index in [0.29, 0.717) is 18.8 Å². The minimum Gasteiger partial charge on any atom is -0.492 e. The highest BCUT2D eigenvalue weighted by Gasteiger charge is 2.31. The summed E-state index contributed by atoms with van der Waals surface area (Å²) < 4.78 is 5.93. The molecule has 31 heavy (non-hydrogen) atoms. The molecule has 0 aliphatic carbocycles. The van der Waals surface area contributed by atoms with Crippen molar-refractivity contribution in [3.8, 4) is 5.75 Å². The Labute approximate surface area is 185 Å². The van der Waals surface area contributed by atoms with Crippen LogP contribution in [0.15, 0.2) is 78.9 Å². The van der Waals surface area contributed by atoms with Crippen LogP contribution in [0.4, 0.5) is 0 Å². The van der Waals surface area contributed by atoms with Crippen LogP contribution in [0.2, 0.25) is 0 Å². The normalized spacial score (nSPS) is 17.0. The molecule has 0 saturated heterocycles. The van der Waals surface area contributed by atoms with Crippen LogP contribution in [-0.2, 0) is 17.8 Å². The number of nitrogens with zero attached hydrogens (tertiary/aromatic N) is 1. The zero-order valence-electron chi connectivity index (χ0n) is 18.5. The zero-order chi connectivity index (χ0) is 21.6. The lowest BCUT2D eigenvalue weighted by molar-refractivity contribution is -0.125. The van der Waals surface area contributed by atoms with Crippen molar-refractivity contribution < 1.29 is 9.53 Å². The predicted octanol–water partition coefficient (Wildman–Crippen LogP) is 5.56. The maximum atomic E-state index is 13.4. The van der Waals surface area contributed by atoms with Gasteiger partial charge in [0.1, 0.15) is 12.4 Å². The molecule has 0 saturated carbocycles. The molecule has 3 aromatic rings. The Morgan fingerprint density at radius 2 is 1.65 bits per heavy atom. The van der Waals surface area contributed by atoms with Crippen molar-refractivity contribution in [2.24, 2.45) is 0 Å². The number of benzene rings is 3. The van der Waals surface area contributed by atoms with E-state index >= 15 is 0 Å². The zero-order valence-corrected chi connectivity index (χ0v) is 18.5. The van der Waals surface area contributed by atoms with Gasteiger partial charge in [0.2, 0.25) is 0 Å². The standard InChI is InChI=1S/C28H31NO2/c1-21-12-14-23(15-13-21)22(2)18-28(30)27-19-24-8-6-7-9-25(24)20-29(27)16-17-31-26-10-4-3-5-11-26/h3-15,22,27H,16-20H2,1-2H3/t22-,27-/m1/s1. The highest BCUT2D eigenvalue weighted by atomic mass is 16.5. The van der Waals surface area contributed by atoms with Gasteiger partial charge in [-0.1, -0.05) is 79.2 Å². The Morgan fingerprint density at radius 1 is 0.968 bits per heavy atom. The molecule has 1 aliphatic heterocycles. The molecule has 0 spiro atoms. The summed E-state index contributed by atoms with van der Waals surface area (Å²) in [6.07, 6.45) is 1.34. The smallest absolute Gasteiger partial charge is 0.150 e. The highest BCUT2D eigenvalue weighted by molar-refractivity contribution is 5.85. The first-order valence-electron chi connectivity index (χ1n) is 11.2. The Morgan fingerprint density at radius 3 is 2.39 bits per heavy atom. The number of carbonyl (C=O) groups is 1. The molecule has 3 nitrogen and oxygen atoms in total. The van der Waals surface area contributed by atoms with Gasteiger partial charge in [-0.15, -0.1) is 0 Å². The maximum absolute atomic E-state index is 13.4. The third-order valence-corrected chi connectivity index (χ3v) is 6.26. The second-order valence-corrected chi connectivity index (χ2v) is 8.60. The van der Waals surface area contributed by atoms with E-state index in [9.17, 15) is 4.79 Å². The number of aryl methyl sites for hydroxylation is 1. The fraction of sp³-hybridized carbons (Fsp3) is 0.321. The van der Waals surface area contributed by atoms with Crippen molar-refractivity contribution in [3.05, 3.63) is 101 Å². The van der Waals surface area contributed by atoms with E-state index in [1.165, 1.54) is 22.3 Å². The number of rotatable bonds is 8. The number of fused-ring (bicyclic) bond motifs is 1. The van der Waals surface area contributed by atoms with Crippen LogP contribution in [0, 0.1) is 6.92 Å². The first-order chi connectivity index (χ1) is 15.1. The van der Waals surface area contributed by atoms with Gasteiger partial charge in [0.15, 0.2) is 5.78 Å². The Bertz CT molecular complexity index is 997. The fourth-order valence-electron chi connectivity index (χ4n) is 4.38. The quantitative estimate of drug-likeness (QED) is 0.484. The lowest BCUT2D eigenvalue weighted by atomic mass is 9.87. The Kier molecular flexibility index (Phi) is 6.83. The average molecular weight is 414 g/mol.